The number of hydrogen-bond donors (Lipinski definition) is 0. The number of para-hydroxylation sites is 1. The van der Waals surface area contributed by atoms with Crippen molar-refractivity contribution in [1.82, 2.24) is 14.0 Å². The Balaban J connectivity index is 1.31. The first-order valence-corrected chi connectivity index (χ1v) is 13.2. The lowest BCUT2D eigenvalue weighted by Crippen LogP contribution is -2.40. The molecular weight excluding hydrogens is 484 g/mol. The number of carbonyl (C=O) groups is 3. The molecule has 0 saturated carbocycles. The molecule has 1 aliphatic carbocycles. The van der Waals surface area contributed by atoms with Crippen LogP contribution in [0.5, 0.6) is 0 Å². The summed E-state index contributed by atoms with van der Waals surface area (Å²) in [5.41, 5.74) is 2.56. The van der Waals surface area contributed by atoms with Gasteiger partial charge in [-0.15, -0.1) is 0 Å². The van der Waals surface area contributed by atoms with E-state index in [-0.39, 0.29) is 30.8 Å². The molecule has 2 aromatic heterocycles. The second kappa shape index (κ2) is 11.0. The van der Waals surface area contributed by atoms with Crippen LogP contribution in [0, 0.1) is 12.8 Å². The van der Waals surface area contributed by atoms with E-state index in [2.05, 4.69) is 15.2 Å². The number of Topliss-reactive ketones (excluding diaryl/α,β-unsaturated/α-hetero) is 1. The van der Waals surface area contributed by atoms with E-state index >= 15 is 0 Å². The molecule has 1 aliphatic rings. The van der Waals surface area contributed by atoms with Gasteiger partial charge in [-0.25, -0.2) is 9.36 Å². The number of esters is 1. The fraction of sp³-hybridized carbons (Fsp3) is 0.517. The second-order valence-corrected chi connectivity index (χ2v) is 11.1. The summed E-state index contributed by atoms with van der Waals surface area (Å²) in [5.74, 6) is 0.718. The number of amides is 1. The van der Waals surface area contributed by atoms with Crippen LogP contribution in [0.2, 0.25) is 0 Å². The highest BCUT2D eigenvalue weighted by Crippen LogP contribution is 2.34. The van der Waals surface area contributed by atoms with Gasteiger partial charge in [0.15, 0.2) is 5.78 Å². The van der Waals surface area contributed by atoms with Gasteiger partial charge < -0.3 is 18.9 Å². The molecule has 0 radical (unpaired) electrons. The number of carbonyl (C=O) groups excluding carboxylic acids is 3. The fourth-order valence-corrected chi connectivity index (χ4v) is 5.12. The quantitative estimate of drug-likeness (QED) is 0.327. The molecule has 204 valence electrons. The minimum atomic E-state index is -0.517. The normalized spacial score (nSPS) is 15.4. The number of nitrogens with zero attached hydrogens (tertiary/aromatic N) is 4. The molecule has 0 saturated heterocycles. The van der Waals surface area contributed by atoms with Crippen molar-refractivity contribution in [2.75, 3.05) is 13.6 Å². The van der Waals surface area contributed by atoms with Crippen molar-refractivity contribution in [3.8, 4) is 0 Å². The van der Waals surface area contributed by atoms with Gasteiger partial charge in [0.05, 0.1) is 5.92 Å². The number of hydrogen-bond acceptors (Lipinski definition) is 5. The molecule has 0 spiro atoms. The first kappa shape index (κ1) is 27.4. The molecule has 9 heteroatoms. The Morgan fingerprint density at radius 3 is 2.68 bits per heavy atom. The van der Waals surface area contributed by atoms with Crippen LogP contribution in [0.1, 0.15) is 61.9 Å². The number of aromatic nitrogens is 3. The van der Waals surface area contributed by atoms with Crippen molar-refractivity contribution in [2.45, 2.75) is 72.3 Å². The molecule has 2 heterocycles. The van der Waals surface area contributed by atoms with Gasteiger partial charge in [-0.2, -0.15) is 4.57 Å². The maximum atomic E-state index is 13.5. The maximum Gasteiger partial charge on any atom is 0.412 e. The molecule has 0 aliphatic heterocycles. The van der Waals surface area contributed by atoms with E-state index in [4.69, 9.17) is 9.47 Å². The third kappa shape index (κ3) is 5.92. The van der Waals surface area contributed by atoms with Crippen LogP contribution < -0.4 is 4.57 Å². The van der Waals surface area contributed by atoms with Gasteiger partial charge in [-0.3, -0.25) is 9.59 Å². The number of imidazole rings is 1. The monoisotopic (exact) mass is 523 g/mol. The van der Waals surface area contributed by atoms with Crippen molar-refractivity contribution in [3.05, 3.63) is 53.7 Å². The van der Waals surface area contributed by atoms with Gasteiger partial charge in [0, 0.05) is 56.1 Å². The van der Waals surface area contributed by atoms with Gasteiger partial charge in [-0.05, 0) is 46.1 Å². The minimum absolute atomic E-state index is 0.0696. The zero-order chi connectivity index (χ0) is 27.6. The summed E-state index contributed by atoms with van der Waals surface area (Å²) < 4.78 is 16.8. The predicted octanol–water partition coefficient (Wildman–Crippen LogP) is 4.17. The van der Waals surface area contributed by atoms with Gasteiger partial charge in [-0.1, -0.05) is 18.2 Å². The van der Waals surface area contributed by atoms with Gasteiger partial charge >= 0.3 is 12.1 Å². The maximum absolute atomic E-state index is 13.5. The van der Waals surface area contributed by atoms with E-state index in [1.807, 2.05) is 69.9 Å². The van der Waals surface area contributed by atoms with Crippen molar-refractivity contribution < 1.29 is 28.4 Å². The summed E-state index contributed by atoms with van der Waals surface area (Å²) >= 11 is 0. The Hall–Kier alpha value is -3.62. The van der Waals surface area contributed by atoms with Crippen LogP contribution in [-0.2, 0) is 41.0 Å². The van der Waals surface area contributed by atoms with E-state index in [1.165, 1.54) is 4.90 Å². The molecule has 9 nitrogen and oxygen atoms in total. The van der Waals surface area contributed by atoms with Crippen molar-refractivity contribution >= 4 is 28.7 Å². The number of ketones is 1. The smallest absolute Gasteiger partial charge is 0.412 e. The van der Waals surface area contributed by atoms with Crippen molar-refractivity contribution in [2.24, 2.45) is 13.0 Å². The van der Waals surface area contributed by atoms with E-state index < -0.39 is 11.7 Å². The Kier molecular flexibility index (Phi) is 7.94. The number of rotatable bonds is 8. The highest BCUT2D eigenvalue weighted by Gasteiger charge is 2.34. The highest BCUT2D eigenvalue weighted by molar-refractivity contribution is 6.11. The first-order chi connectivity index (χ1) is 18.0. The second-order valence-electron chi connectivity index (χ2n) is 11.1. The molecule has 0 bridgehead atoms. The van der Waals surface area contributed by atoms with Crippen LogP contribution in [-0.4, -0.2) is 51.1 Å². The fourth-order valence-electron chi connectivity index (χ4n) is 5.12. The summed E-state index contributed by atoms with van der Waals surface area (Å²) in [5, 5.41) is 1.03. The molecule has 0 fully saturated rings. The molecule has 3 aromatic rings. The lowest BCUT2D eigenvalue weighted by Gasteiger charge is -2.21. The average molecular weight is 524 g/mol. The number of benzene rings is 1. The van der Waals surface area contributed by atoms with E-state index in [0.717, 1.165) is 40.8 Å². The zero-order valence-corrected chi connectivity index (χ0v) is 23.3. The summed E-state index contributed by atoms with van der Waals surface area (Å²) in [6.45, 7) is 8.48. The Morgan fingerprint density at radius 1 is 1.21 bits per heavy atom. The van der Waals surface area contributed by atoms with Crippen LogP contribution >= 0.6 is 0 Å². The third-order valence-electron chi connectivity index (χ3n) is 7.18. The topological polar surface area (TPSA) is 86.7 Å². The summed E-state index contributed by atoms with van der Waals surface area (Å²) in [4.78, 5) is 39.3. The van der Waals surface area contributed by atoms with Crippen molar-refractivity contribution in [3.63, 3.8) is 0 Å². The Bertz CT molecular complexity index is 1350. The lowest BCUT2D eigenvalue weighted by molar-refractivity contribution is -0.732. The largest absolute Gasteiger partial charge is 0.460 e. The molecule has 1 unspecified atom stereocenters. The highest BCUT2D eigenvalue weighted by atomic mass is 16.6. The Labute approximate surface area is 223 Å². The average Bonchev–Trinajstić information content (AvgIpc) is 3.35. The molecule has 38 heavy (non-hydrogen) atoms. The van der Waals surface area contributed by atoms with E-state index in [9.17, 15) is 14.4 Å². The van der Waals surface area contributed by atoms with Gasteiger partial charge in [0.1, 0.15) is 24.5 Å². The number of ether oxygens (including phenoxy) is 2. The third-order valence-corrected chi connectivity index (χ3v) is 7.18. The molecular formula is C29H39N4O5+. The van der Waals surface area contributed by atoms with E-state index in [0.29, 0.717) is 19.5 Å². The number of aryl methyl sites for hydroxylation is 1. The van der Waals surface area contributed by atoms with Crippen LogP contribution in [0.25, 0.3) is 10.9 Å². The molecule has 1 atom stereocenters. The Morgan fingerprint density at radius 2 is 1.95 bits per heavy atom. The summed E-state index contributed by atoms with van der Waals surface area (Å²) in [7, 11) is 3.68. The SMILES string of the molecule is Cc1n(CC2CCc3c(c4ccccc4n3C)C2=O)cc[n+]1COC(=O)N(C)CCCC(=O)OC(C)(C)C. The van der Waals surface area contributed by atoms with Crippen molar-refractivity contribution in [1.29, 1.82) is 0 Å². The standard InChI is InChI=1S/C29H39N4O5/c1-20-32(18-21-13-14-24-26(27(21)35)22-10-7-8-11-23(22)31(24)6)16-17-33(20)19-37-28(36)30(5)15-9-12-25(34)38-29(2,3)4/h7-8,10-11,16-17,21H,9,12-15,18-19H2,1-6H3/q+1. The lowest BCUT2D eigenvalue weighted by atomic mass is 9.85. The number of fused-ring (bicyclic) bond motifs is 3. The predicted molar refractivity (Wildman–Crippen MR) is 143 cm³/mol. The van der Waals surface area contributed by atoms with Gasteiger partial charge in [0.2, 0.25) is 6.73 Å². The van der Waals surface area contributed by atoms with Crippen LogP contribution in [0.4, 0.5) is 4.79 Å². The summed E-state index contributed by atoms with van der Waals surface area (Å²) in [6, 6.07) is 8.09. The van der Waals surface area contributed by atoms with Gasteiger partial charge in [0.25, 0.3) is 5.82 Å². The summed E-state index contributed by atoms with van der Waals surface area (Å²) in [6.07, 6.45) is 5.75. The molecule has 0 N–H and O–H groups in total. The molecule has 4 rings (SSSR count). The minimum Gasteiger partial charge on any atom is -0.460 e. The van der Waals surface area contributed by atoms with Crippen LogP contribution in [0.15, 0.2) is 36.7 Å². The first-order valence-electron chi connectivity index (χ1n) is 13.2. The molecule has 1 amide bonds. The molecule has 1 aromatic carbocycles. The van der Waals surface area contributed by atoms with Crippen LogP contribution in [0.3, 0.4) is 0 Å². The zero-order valence-electron chi connectivity index (χ0n) is 23.3. The van der Waals surface area contributed by atoms with E-state index in [1.54, 1.807) is 7.05 Å².